The molecule has 0 bridgehead atoms. The zero-order chi connectivity index (χ0) is 19.0. The van der Waals surface area contributed by atoms with Crippen LogP contribution in [0.4, 0.5) is 4.79 Å². The highest BCUT2D eigenvalue weighted by Crippen LogP contribution is 2.12. The molecule has 13 heteroatoms. The monoisotopic (exact) mass is 359 g/mol. The third-order valence-corrected chi connectivity index (χ3v) is 2.87. The molecule has 0 aromatic carbocycles. The van der Waals surface area contributed by atoms with E-state index in [2.05, 4.69) is 15.5 Å². The summed E-state index contributed by atoms with van der Waals surface area (Å²) in [7, 11) is 0. The first kappa shape index (κ1) is 19.8. The zero-order valence-corrected chi connectivity index (χ0v) is 12.8. The number of carboxylic acids is 3. The quantitative estimate of drug-likeness (QED) is 0.287. The van der Waals surface area contributed by atoms with Crippen molar-refractivity contribution in [3.05, 3.63) is 11.7 Å². The van der Waals surface area contributed by atoms with Crippen molar-refractivity contribution in [2.24, 2.45) is 5.73 Å². The number of carboxylic acid groups (broad SMARTS) is 3. The lowest BCUT2D eigenvalue weighted by molar-refractivity contribution is -0.145. The lowest BCUT2D eigenvalue weighted by atomic mass is 10.1. The summed E-state index contributed by atoms with van der Waals surface area (Å²) < 4.78 is 4.82. The van der Waals surface area contributed by atoms with Crippen molar-refractivity contribution in [1.82, 2.24) is 20.8 Å². The second-order valence-electron chi connectivity index (χ2n) is 4.90. The Labute approximate surface area is 140 Å². The Bertz CT molecular complexity index is 645. The van der Waals surface area contributed by atoms with Crippen LogP contribution in [0.5, 0.6) is 0 Å². The second kappa shape index (κ2) is 9.17. The molecule has 0 saturated heterocycles. The van der Waals surface area contributed by atoms with E-state index < -0.39 is 42.4 Å². The molecule has 2 amide bonds. The molecule has 0 aliphatic rings. The molecule has 13 nitrogen and oxygen atoms in total. The molecule has 1 heterocycles. The minimum atomic E-state index is -1.60. The van der Waals surface area contributed by atoms with Crippen LogP contribution in [-0.2, 0) is 20.9 Å². The van der Waals surface area contributed by atoms with Gasteiger partial charge in [-0.15, -0.1) is 0 Å². The summed E-state index contributed by atoms with van der Waals surface area (Å²) in [5.41, 5.74) is 5.69. The van der Waals surface area contributed by atoms with Crippen LogP contribution in [0.25, 0.3) is 0 Å². The van der Waals surface area contributed by atoms with Crippen LogP contribution >= 0.6 is 0 Å². The molecule has 1 aromatic rings. The third-order valence-electron chi connectivity index (χ3n) is 2.87. The number of hydrogen-bond acceptors (Lipinski definition) is 8. The SMILES string of the molecule is N[C@@H](CCC(=O)O)c1noc(CNC(=O)N[C@@H](CC(=O)O)C(=O)O)n1. The highest BCUT2D eigenvalue weighted by molar-refractivity contribution is 5.86. The van der Waals surface area contributed by atoms with Gasteiger partial charge in [-0.25, -0.2) is 9.59 Å². The van der Waals surface area contributed by atoms with Gasteiger partial charge in [-0.1, -0.05) is 5.16 Å². The van der Waals surface area contributed by atoms with E-state index in [0.717, 1.165) is 0 Å². The summed E-state index contributed by atoms with van der Waals surface area (Å²) in [5.74, 6) is -3.88. The van der Waals surface area contributed by atoms with Crippen molar-refractivity contribution in [3.8, 4) is 0 Å². The van der Waals surface area contributed by atoms with E-state index >= 15 is 0 Å². The Balaban J connectivity index is 2.49. The van der Waals surface area contributed by atoms with Gasteiger partial charge < -0.3 is 36.2 Å². The Kier molecular flexibility index (Phi) is 7.27. The van der Waals surface area contributed by atoms with E-state index in [1.54, 1.807) is 0 Å². The molecule has 1 rings (SSSR count). The lowest BCUT2D eigenvalue weighted by Crippen LogP contribution is -2.46. The molecular formula is C12H17N5O8. The van der Waals surface area contributed by atoms with Crippen LogP contribution in [0.15, 0.2) is 4.52 Å². The first-order valence-electron chi connectivity index (χ1n) is 6.97. The maximum atomic E-state index is 11.6. The van der Waals surface area contributed by atoms with E-state index in [1.165, 1.54) is 0 Å². The number of nitrogens with zero attached hydrogens (tertiary/aromatic N) is 2. The van der Waals surface area contributed by atoms with Crippen LogP contribution in [0.2, 0.25) is 0 Å². The number of urea groups is 1. The van der Waals surface area contributed by atoms with Gasteiger partial charge in [-0.05, 0) is 6.42 Å². The van der Waals surface area contributed by atoms with Gasteiger partial charge in [-0.2, -0.15) is 4.98 Å². The minimum Gasteiger partial charge on any atom is -0.481 e. The number of nitrogens with one attached hydrogen (secondary N) is 2. The topological polar surface area (TPSA) is 218 Å². The van der Waals surface area contributed by atoms with Gasteiger partial charge in [0.25, 0.3) is 0 Å². The smallest absolute Gasteiger partial charge is 0.326 e. The van der Waals surface area contributed by atoms with Gasteiger partial charge in [0.15, 0.2) is 5.82 Å². The molecule has 0 unspecified atom stereocenters. The maximum absolute atomic E-state index is 11.6. The molecule has 0 saturated carbocycles. The fourth-order valence-electron chi connectivity index (χ4n) is 1.64. The van der Waals surface area contributed by atoms with Crippen LogP contribution in [0.3, 0.4) is 0 Å². The summed E-state index contributed by atoms with van der Waals surface area (Å²) >= 11 is 0. The summed E-state index contributed by atoms with van der Waals surface area (Å²) in [4.78, 5) is 47.3. The Morgan fingerprint density at radius 3 is 2.40 bits per heavy atom. The van der Waals surface area contributed by atoms with E-state index in [9.17, 15) is 19.2 Å². The van der Waals surface area contributed by atoms with Gasteiger partial charge in [0.2, 0.25) is 5.89 Å². The van der Waals surface area contributed by atoms with Crippen LogP contribution in [-0.4, -0.2) is 55.4 Å². The predicted octanol–water partition coefficient (Wildman–Crippen LogP) is -1.34. The van der Waals surface area contributed by atoms with Crippen molar-refractivity contribution in [2.45, 2.75) is 37.9 Å². The first-order valence-corrected chi connectivity index (χ1v) is 6.97. The Hall–Kier alpha value is -3.22. The predicted molar refractivity (Wildman–Crippen MR) is 77.1 cm³/mol. The van der Waals surface area contributed by atoms with Crippen molar-refractivity contribution in [2.75, 3.05) is 0 Å². The van der Waals surface area contributed by atoms with Gasteiger partial charge in [0.05, 0.1) is 19.0 Å². The number of carbonyl (C=O) groups excluding carboxylic acids is 1. The van der Waals surface area contributed by atoms with Crippen molar-refractivity contribution < 1.29 is 39.0 Å². The number of amides is 2. The van der Waals surface area contributed by atoms with Gasteiger partial charge in [0.1, 0.15) is 6.04 Å². The average Bonchev–Trinajstić information content (AvgIpc) is 2.98. The number of hydrogen-bond donors (Lipinski definition) is 6. The molecule has 2 atom stereocenters. The van der Waals surface area contributed by atoms with E-state index in [-0.39, 0.29) is 31.1 Å². The number of aromatic nitrogens is 2. The molecular weight excluding hydrogens is 342 g/mol. The third kappa shape index (κ3) is 7.26. The molecule has 0 aliphatic heterocycles. The Morgan fingerprint density at radius 1 is 1.16 bits per heavy atom. The van der Waals surface area contributed by atoms with Crippen molar-refractivity contribution in [3.63, 3.8) is 0 Å². The Morgan fingerprint density at radius 2 is 1.84 bits per heavy atom. The van der Waals surface area contributed by atoms with Crippen LogP contribution < -0.4 is 16.4 Å². The van der Waals surface area contributed by atoms with Gasteiger partial charge in [-0.3, -0.25) is 9.59 Å². The fourth-order valence-corrected chi connectivity index (χ4v) is 1.64. The van der Waals surface area contributed by atoms with E-state index in [4.69, 9.17) is 25.6 Å². The molecule has 0 fully saturated rings. The largest absolute Gasteiger partial charge is 0.481 e. The zero-order valence-electron chi connectivity index (χ0n) is 12.8. The molecule has 25 heavy (non-hydrogen) atoms. The molecule has 0 aliphatic carbocycles. The summed E-state index contributed by atoms with van der Waals surface area (Å²) in [6, 6.07) is -3.29. The highest BCUT2D eigenvalue weighted by atomic mass is 16.5. The number of nitrogens with two attached hydrogens (primary N) is 1. The molecule has 138 valence electrons. The van der Waals surface area contributed by atoms with Crippen molar-refractivity contribution >= 4 is 23.9 Å². The molecule has 0 radical (unpaired) electrons. The van der Waals surface area contributed by atoms with Crippen molar-refractivity contribution in [1.29, 1.82) is 0 Å². The molecule has 1 aromatic heterocycles. The van der Waals surface area contributed by atoms with Gasteiger partial charge >= 0.3 is 23.9 Å². The highest BCUT2D eigenvalue weighted by Gasteiger charge is 2.23. The summed E-state index contributed by atoms with van der Waals surface area (Å²) in [5, 5.41) is 33.7. The second-order valence-corrected chi connectivity index (χ2v) is 4.90. The van der Waals surface area contributed by atoms with Gasteiger partial charge in [0, 0.05) is 6.42 Å². The van der Waals surface area contributed by atoms with E-state index in [1.807, 2.05) is 5.32 Å². The standard InChI is InChI=1S/C12H17N5O8/c13-5(1-2-8(18)19)10-16-7(25-17-10)4-14-12(24)15-6(11(22)23)3-9(20)21/h5-6H,1-4,13H2,(H,18,19)(H,20,21)(H,22,23)(H2,14,15,24)/t5-,6-/m0/s1. The molecule has 7 N–H and O–H groups in total. The fraction of sp³-hybridized carbons (Fsp3) is 0.500. The maximum Gasteiger partial charge on any atom is 0.326 e. The van der Waals surface area contributed by atoms with Crippen LogP contribution in [0, 0.1) is 0 Å². The number of aliphatic carboxylic acids is 3. The summed E-state index contributed by atoms with van der Waals surface area (Å²) in [6.07, 6.45) is -0.866. The average molecular weight is 359 g/mol. The lowest BCUT2D eigenvalue weighted by Gasteiger charge is -2.12. The number of rotatable bonds is 10. The summed E-state index contributed by atoms with van der Waals surface area (Å²) in [6.45, 7) is -0.260. The molecule has 0 spiro atoms. The normalized spacial score (nSPS) is 12.8. The van der Waals surface area contributed by atoms with E-state index in [0.29, 0.717) is 0 Å². The van der Waals surface area contributed by atoms with Crippen LogP contribution in [0.1, 0.15) is 37.0 Å². The minimum absolute atomic E-state index is 0.0407. The number of carbonyl (C=O) groups is 4. The first-order chi connectivity index (χ1) is 11.7.